The number of hydrogen-bond acceptors (Lipinski definition) is 3. The molecule has 0 saturated carbocycles. The van der Waals surface area contributed by atoms with Crippen LogP contribution in [0.4, 0.5) is 5.69 Å². The minimum atomic E-state index is -0.424. The molecule has 3 aromatic rings. The molecule has 0 atom stereocenters. The zero-order valence-electron chi connectivity index (χ0n) is 12.8. The van der Waals surface area contributed by atoms with Crippen molar-refractivity contribution in [1.82, 2.24) is 14.5 Å². The van der Waals surface area contributed by atoms with E-state index < -0.39 is 5.91 Å². The van der Waals surface area contributed by atoms with Gasteiger partial charge in [-0.25, -0.2) is 4.98 Å². The Kier molecular flexibility index (Phi) is 3.80. The molecule has 0 unspecified atom stereocenters. The van der Waals surface area contributed by atoms with Crippen LogP contribution in [0.1, 0.15) is 16.1 Å². The third-order valence-electron chi connectivity index (χ3n) is 3.66. The molecule has 0 radical (unpaired) electrons. The molecule has 2 aromatic heterocycles. The van der Waals surface area contributed by atoms with E-state index in [0.717, 1.165) is 17.0 Å². The molecule has 2 N–H and O–H groups in total. The number of nitrogens with one attached hydrogen (secondary N) is 2. The Labute approximate surface area is 132 Å². The molecule has 0 aliphatic rings. The van der Waals surface area contributed by atoms with Crippen LogP contribution < -0.4 is 10.7 Å². The first-order chi connectivity index (χ1) is 11.0. The van der Waals surface area contributed by atoms with Crippen molar-refractivity contribution in [3.8, 4) is 11.3 Å². The Morgan fingerprint density at radius 1 is 1.30 bits per heavy atom. The average molecular weight is 308 g/mol. The molecule has 2 heterocycles. The smallest absolute Gasteiger partial charge is 0.261 e. The number of pyridine rings is 1. The second-order valence-corrected chi connectivity index (χ2v) is 5.30. The number of imidazole rings is 1. The third-order valence-corrected chi connectivity index (χ3v) is 3.66. The van der Waals surface area contributed by atoms with E-state index in [-0.39, 0.29) is 11.0 Å². The molecule has 1 aromatic carbocycles. The summed E-state index contributed by atoms with van der Waals surface area (Å²) in [7, 11) is 1.80. The van der Waals surface area contributed by atoms with Crippen LogP contribution in [-0.2, 0) is 7.05 Å². The lowest BCUT2D eigenvalue weighted by Crippen LogP contribution is -2.23. The van der Waals surface area contributed by atoms with Gasteiger partial charge >= 0.3 is 0 Å². The molecule has 6 nitrogen and oxygen atoms in total. The Bertz CT molecular complexity index is 911. The maximum Gasteiger partial charge on any atom is 0.261 e. The number of hydrogen-bond donors (Lipinski definition) is 2. The first kappa shape index (κ1) is 14.8. The van der Waals surface area contributed by atoms with Crippen molar-refractivity contribution in [2.75, 3.05) is 5.32 Å². The number of anilines is 1. The van der Waals surface area contributed by atoms with E-state index in [1.54, 1.807) is 36.4 Å². The second kappa shape index (κ2) is 5.92. The quantitative estimate of drug-likeness (QED) is 0.779. The van der Waals surface area contributed by atoms with Gasteiger partial charge < -0.3 is 14.9 Å². The van der Waals surface area contributed by atoms with Crippen LogP contribution in [0.2, 0.25) is 0 Å². The fraction of sp³-hybridized carbons (Fsp3) is 0.118. The topological polar surface area (TPSA) is 79.8 Å². The summed E-state index contributed by atoms with van der Waals surface area (Å²) in [5.74, 6) is -0.424. The molecular weight excluding hydrogens is 292 g/mol. The minimum Gasteiger partial charge on any atom is -0.354 e. The molecule has 6 heteroatoms. The number of H-pyrrole nitrogens is 1. The van der Waals surface area contributed by atoms with Gasteiger partial charge in [0, 0.05) is 36.3 Å². The van der Waals surface area contributed by atoms with E-state index in [2.05, 4.69) is 15.3 Å². The van der Waals surface area contributed by atoms with Crippen molar-refractivity contribution < 1.29 is 4.79 Å². The highest BCUT2D eigenvalue weighted by Gasteiger charge is 2.12. The van der Waals surface area contributed by atoms with Gasteiger partial charge in [0.25, 0.3) is 5.91 Å². The first-order valence-corrected chi connectivity index (χ1v) is 7.12. The summed E-state index contributed by atoms with van der Waals surface area (Å²) in [6.07, 6.45) is 4.85. The Balaban J connectivity index is 1.88. The molecule has 0 aliphatic heterocycles. The Morgan fingerprint density at radius 3 is 2.87 bits per heavy atom. The van der Waals surface area contributed by atoms with E-state index in [0.29, 0.717) is 5.69 Å². The summed E-state index contributed by atoms with van der Waals surface area (Å²) in [6, 6.07) is 8.80. The normalized spacial score (nSPS) is 10.5. The summed E-state index contributed by atoms with van der Waals surface area (Å²) in [4.78, 5) is 31.3. The summed E-state index contributed by atoms with van der Waals surface area (Å²) < 4.78 is 1.75. The molecule has 116 valence electrons. The van der Waals surface area contributed by atoms with Crippen molar-refractivity contribution >= 4 is 11.6 Å². The van der Waals surface area contributed by atoms with Crippen LogP contribution in [0.3, 0.4) is 0 Å². The van der Waals surface area contributed by atoms with Gasteiger partial charge in [0.05, 0.1) is 18.2 Å². The standard InChI is InChI=1S/C17H16N4O2/c1-11-6-16(22)14(9-21(11)2)17(23)20-13-5-3-4-12(7-13)15-8-18-10-19-15/h3-10H,1-2H3,(H,18,19)(H,20,23). The second-order valence-electron chi connectivity index (χ2n) is 5.30. The van der Waals surface area contributed by atoms with Crippen LogP contribution >= 0.6 is 0 Å². The molecule has 3 rings (SSSR count). The van der Waals surface area contributed by atoms with Gasteiger partial charge in [-0.1, -0.05) is 12.1 Å². The zero-order valence-corrected chi connectivity index (χ0v) is 12.8. The molecular formula is C17H16N4O2. The Morgan fingerprint density at radius 2 is 2.13 bits per heavy atom. The predicted molar refractivity (Wildman–Crippen MR) is 88.4 cm³/mol. The maximum absolute atomic E-state index is 12.4. The van der Waals surface area contributed by atoms with Crippen LogP contribution in [0.25, 0.3) is 11.3 Å². The highest BCUT2D eigenvalue weighted by Crippen LogP contribution is 2.20. The fourth-order valence-electron chi connectivity index (χ4n) is 2.28. The van der Waals surface area contributed by atoms with E-state index >= 15 is 0 Å². The average Bonchev–Trinajstić information content (AvgIpc) is 3.05. The van der Waals surface area contributed by atoms with E-state index in [1.807, 2.05) is 25.1 Å². The lowest BCUT2D eigenvalue weighted by Gasteiger charge is -2.09. The molecule has 0 fully saturated rings. The number of aryl methyl sites for hydroxylation is 2. The number of nitrogens with zero attached hydrogens (tertiary/aromatic N) is 2. The van der Waals surface area contributed by atoms with Gasteiger partial charge in [-0.05, 0) is 19.1 Å². The molecule has 0 saturated heterocycles. The van der Waals surface area contributed by atoms with Gasteiger partial charge in [-0.3, -0.25) is 9.59 Å². The first-order valence-electron chi connectivity index (χ1n) is 7.12. The summed E-state index contributed by atoms with van der Waals surface area (Å²) in [6.45, 7) is 1.82. The van der Waals surface area contributed by atoms with Crippen molar-refractivity contribution in [2.24, 2.45) is 7.05 Å². The van der Waals surface area contributed by atoms with E-state index in [4.69, 9.17) is 0 Å². The summed E-state index contributed by atoms with van der Waals surface area (Å²) >= 11 is 0. The van der Waals surface area contributed by atoms with Gasteiger partial charge in [-0.2, -0.15) is 0 Å². The number of aromatic nitrogens is 3. The molecule has 0 aliphatic carbocycles. The number of aromatic amines is 1. The van der Waals surface area contributed by atoms with Crippen LogP contribution in [-0.4, -0.2) is 20.4 Å². The molecule has 23 heavy (non-hydrogen) atoms. The van der Waals surface area contributed by atoms with Crippen LogP contribution in [0, 0.1) is 6.92 Å². The SMILES string of the molecule is Cc1cc(=O)c(C(=O)Nc2cccc(-c3cnc[nH]3)c2)cn1C. The number of benzene rings is 1. The van der Waals surface area contributed by atoms with Crippen molar-refractivity contribution in [3.05, 3.63) is 70.5 Å². The lowest BCUT2D eigenvalue weighted by atomic mass is 10.1. The largest absolute Gasteiger partial charge is 0.354 e. The number of rotatable bonds is 3. The van der Waals surface area contributed by atoms with Gasteiger partial charge in [0.15, 0.2) is 5.43 Å². The molecule has 0 bridgehead atoms. The monoisotopic (exact) mass is 308 g/mol. The minimum absolute atomic E-state index is 0.116. The predicted octanol–water partition coefficient (Wildman–Crippen LogP) is 2.34. The van der Waals surface area contributed by atoms with E-state index in [9.17, 15) is 9.59 Å². The van der Waals surface area contributed by atoms with Gasteiger partial charge in [0.2, 0.25) is 0 Å². The van der Waals surface area contributed by atoms with Gasteiger partial charge in [-0.15, -0.1) is 0 Å². The van der Waals surface area contributed by atoms with Crippen molar-refractivity contribution in [2.45, 2.75) is 6.92 Å². The number of amides is 1. The number of carbonyl (C=O) groups is 1. The highest BCUT2D eigenvalue weighted by molar-refractivity contribution is 6.04. The van der Waals surface area contributed by atoms with Crippen molar-refractivity contribution in [3.63, 3.8) is 0 Å². The zero-order chi connectivity index (χ0) is 16.4. The molecule has 0 spiro atoms. The lowest BCUT2D eigenvalue weighted by molar-refractivity contribution is 0.102. The molecule has 1 amide bonds. The summed E-state index contributed by atoms with van der Waals surface area (Å²) in [5.41, 5.74) is 3.00. The summed E-state index contributed by atoms with van der Waals surface area (Å²) in [5, 5.41) is 2.76. The van der Waals surface area contributed by atoms with Crippen LogP contribution in [0.15, 0.2) is 53.8 Å². The highest BCUT2D eigenvalue weighted by atomic mass is 16.2. The third kappa shape index (κ3) is 3.06. The van der Waals surface area contributed by atoms with Crippen LogP contribution in [0.5, 0.6) is 0 Å². The Hall–Kier alpha value is -3.15. The number of carbonyl (C=O) groups excluding carboxylic acids is 1. The van der Waals surface area contributed by atoms with Gasteiger partial charge in [0.1, 0.15) is 5.56 Å². The fourth-order valence-corrected chi connectivity index (χ4v) is 2.28. The van der Waals surface area contributed by atoms with E-state index in [1.165, 1.54) is 6.07 Å². The maximum atomic E-state index is 12.4. The van der Waals surface area contributed by atoms with Crippen molar-refractivity contribution in [1.29, 1.82) is 0 Å².